The quantitative estimate of drug-likeness (QED) is 0.678. The second kappa shape index (κ2) is 4.14. The maximum absolute atomic E-state index is 11.8. The molecule has 1 aromatic rings. The van der Waals surface area contributed by atoms with Gasteiger partial charge in [0, 0.05) is 24.8 Å². The van der Waals surface area contributed by atoms with Crippen molar-refractivity contribution >= 4 is 17.5 Å². The van der Waals surface area contributed by atoms with E-state index in [-0.39, 0.29) is 11.9 Å². The summed E-state index contributed by atoms with van der Waals surface area (Å²) < 4.78 is 7.15. The standard InChI is InChI=1S/C9H12N2O2S/c1-11-4-7(10-6-11)9(12)8-5-14-3-2-13-8/h4,6,8H,2-3,5H2,1H3. The Morgan fingerprint density at radius 1 is 1.79 bits per heavy atom. The van der Waals surface area contributed by atoms with Crippen LogP contribution in [0.1, 0.15) is 10.5 Å². The Balaban J connectivity index is 2.07. The number of aryl methyl sites for hydroxylation is 1. The fourth-order valence-corrected chi connectivity index (χ4v) is 2.19. The SMILES string of the molecule is Cn1cnc(C(=O)C2CSCCO2)c1. The van der Waals surface area contributed by atoms with Gasteiger partial charge in [0.2, 0.25) is 5.78 Å². The molecule has 4 nitrogen and oxygen atoms in total. The van der Waals surface area contributed by atoms with E-state index in [1.807, 2.05) is 7.05 Å². The lowest BCUT2D eigenvalue weighted by Crippen LogP contribution is -2.31. The van der Waals surface area contributed by atoms with Gasteiger partial charge in [-0.3, -0.25) is 4.79 Å². The maximum Gasteiger partial charge on any atom is 0.212 e. The molecule has 1 aliphatic rings. The number of hydrogen-bond acceptors (Lipinski definition) is 4. The normalized spacial score (nSPS) is 22.2. The van der Waals surface area contributed by atoms with Crippen molar-refractivity contribution in [2.45, 2.75) is 6.10 Å². The fraction of sp³-hybridized carbons (Fsp3) is 0.556. The maximum atomic E-state index is 11.8. The van der Waals surface area contributed by atoms with Crippen molar-refractivity contribution in [2.24, 2.45) is 7.05 Å². The lowest BCUT2D eigenvalue weighted by atomic mass is 10.2. The van der Waals surface area contributed by atoms with Gasteiger partial charge in [0.25, 0.3) is 0 Å². The molecule has 0 N–H and O–H groups in total. The Morgan fingerprint density at radius 2 is 2.64 bits per heavy atom. The molecule has 1 aliphatic heterocycles. The Bertz CT molecular complexity index is 331. The van der Waals surface area contributed by atoms with Gasteiger partial charge in [0.05, 0.1) is 12.9 Å². The number of ketones is 1. The van der Waals surface area contributed by atoms with Crippen LogP contribution < -0.4 is 0 Å². The first kappa shape index (κ1) is 9.73. The summed E-state index contributed by atoms with van der Waals surface area (Å²) in [6.45, 7) is 0.661. The second-order valence-corrected chi connectivity index (χ2v) is 4.37. The minimum Gasteiger partial charge on any atom is -0.368 e. The van der Waals surface area contributed by atoms with Crippen molar-refractivity contribution in [2.75, 3.05) is 18.1 Å². The first-order chi connectivity index (χ1) is 6.77. The molecule has 0 spiro atoms. The lowest BCUT2D eigenvalue weighted by Gasteiger charge is -2.19. The Labute approximate surface area is 86.7 Å². The van der Waals surface area contributed by atoms with E-state index in [1.54, 1.807) is 28.9 Å². The summed E-state index contributed by atoms with van der Waals surface area (Å²) in [6, 6.07) is 0. The molecule has 2 rings (SSSR count). The first-order valence-electron chi connectivity index (χ1n) is 4.49. The van der Waals surface area contributed by atoms with Gasteiger partial charge in [-0.05, 0) is 0 Å². The smallest absolute Gasteiger partial charge is 0.212 e. The highest BCUT2D eigenvalue weighted by Crippen LogP contribution is 2.15. The van der Waals surface area contributed by atoms with Crippen LogP contribution in [0.4, 0.5) is 0 Å². The molecule has 1 fully saturated rings. The van der Waals surface area contributed by atoms with Crippen LogP contribution in [0.25, 0.3) is 0 Å². The van der Waals surface area contributed by atoms with E-state index >= 15 is 0 Å². The molecule has 0 aromatic carbocycles. The molecule has 14 heavy (non-hydrogen) atoms. The largest absolute Gasteiger partial charge is 0.368 e. The molecule has 0 radical (unpaired) electrons. The van der Waals surface area contributed by atoms with Crippen LogP contribution in [-0.4, -0.2) is 39.6 Å². The molecule has 2 heterocycles. The molecule has 0 aliphatic carbocycles. The summed E-state index contributed by atoms with van der Waals surface area (Å²) in [5, 5.41) is 0. The molecule has 0 bridgehead atoms. The number of carbonyl (C=O) groups excluding carboxylic acids is 1. The third kappa shape index (κ3) is 1.99. The zero-order chi connectivity index (χ0) is 9.97. The molecular weight excluding hydrogens is 200 g/mol. The molecule has 1 atom stereocenters. The minimum absolute atomic E-state index is 0.00204. The number of thioether (sulfide) groups is 1. The fourth-order valence-electron chi connectivity index (χ4n) is 1.34. The van der Waals surface area contributed by atoms with Crippen molar-refractivity contribution in [3.63, 3.8) is 0 Å². The molecule has 0 saturated carbocycles. The van der Waals surface area contributed by atoms with Gasteiger partial charge in [-0.25, -0.2) is 4.98 Å². The van der Waals surface area contributed by atoms with E-state index in [2.05, 4.69) is 4.98 Å². The number of rotatable bonds is 2. The van der Waals surface area contributed by atoms with E-state index < -0.39 is 0 Å². The number of nitrogens with zero attached hydrogens (tertiary/aromatic N) is 2. The number of hydrogen-bond donors (Lipinski definition) is 0. The number of imidazole rings is 1. The monoisotopic (exact) mass is 212 g/mol. The molecular formula is C9H12N2O2S. The summed E-state index contributed by atoms with van der Waals surface area (Å²) in [7, 11) is 1.85. The highest BCUT2D eigenvalue weighted by Gasteiger charge is 2.24. The van der Waals surface area contributed by atoms with Crippen LogP contribution in [0.5, 0.6) is 0 Å². The van der Waals surface area contributed by atoms with Gasteiger partial charge < -0.3 is 9.30 Å². The zero-order valence-electron chi connectivity index (χ0n) is 7.97. The van der Waals surface area contributed by atoms with Crippen molar-refractivity contribution in [3.8, 4) is 0 Å². The highest BCUT2D eigenvalue weighted by atomic mass is 32.2. The van der Waals surface area contributed by atoms with E-state index in [9.17, 15) is 4.79 Å². The van der Waals surface area contributed by atoms with Crippen LogP contribution in [0.3, 0.4) is 0 Å². The average Bonchev–Trinajstić information content (AvgIpc) is 2.65. The lowest BCUT2D eigenvalue weighted by molar-refractivity contribution is 0.0514. The molecule has 0 amide bonds. The van der Waals surface area contributed by atoms with Crippen LogP contribution >= 0.6 is 11.8 Å². The molecule has 1 saturated heterocycles. The van der Waals surface area contributed by atoms with Crippen molar-refractivity contribution < 1.29 is 9.53 Å². The predicted octanol–water partition coefficient (Wildman–Crippen LogP) is 0.735. The van der Waals surface area contributed by atoms with Gasteiger partial charge in [0.15, 0.2) is 0 Å². The number of aromatic nitrogens is 2. The van der Waals surface area contributed by atoms with Crippen LogP contribution in [0.15, 0.2) is 12.5 Å². The third-order valence-electron chi connectivity index (χ3n) is 2.07. The van der Waals surface area contributed by atoms with Gasteiger partial charge in [0.1, 0.15) is 11.8 Å². The van der Waals surface area contributed by atoms with Crippen molar-refractivity contribution in [1.82, 2.24) is 9.55 Å². The van der Waals surface area contributed by atoms with Crippen molar-refractivity contribution in [3.05, 3.63) is 18.2 Å². The van der Waals surface area contributed by atoms with E-state index in [4.69, 9.17) is 4.74 Å². The van der Waals surface area contributed by atoms with Crippen LogP contribution in [0, 0.1) is 0 Å². The Hall–Kier alpha value is -0.810. The summed E-state index contributed by atoms with van der Waals surface area (Å²) in [5.41, 5.74) is 0.500. The second-order valence-electron chi connectivity index (χ2n) is 3.22. The molecule has 76 valence electrons. The van der Waals surface area contributed by atoms with Gasteiger partial charge in [-0.2, -0.15) is 11.8 Å². The molecule has 1 aromatic heterocycles. The van der Waals surface area contributed by atoms with Gasteiger partial charge >= 0.3 is 0 Å². The Morgan fingerprint density at radius 3 is 3.21 bits per heavy atom. The minimum atomic E-state index is -0.302. The van der Waals surface area contributed by atoms with Gasteiger partial charge in [-0.1, -0.05) is 0 Å². The van der Waals surface area contributed by atoms with E-state index in [0.717, 1.165) is 11.5 Å². The van der Waals surface area contributed by atoms with Crippen LogP contribution in [0.2, 0.25) is 0 Å². The summed E-state index contributed by atoms with van der Waals surface area (Å²) in [6.07, 6.45) is 3.05. The number of carbonyl (C=O) groups is 1. The summed E-state index contributed by atoms with van der Waals surface area (Å²) in [5.74, 6) is 1.72. The summed E-state index contributed by atoms with van der Waals surface area (Å²) >= 11 is 1.75. The average molecular weight is 212 g/mol. The summed E-state index contributed by atoms with van der Waals surface area (Å²) in [4.78, 5) is 15.8. The topological polar surface area (TPSA) is 44.1 Å². The predicted molar refractivity (Wildman–Crippen MR) is 54.6 cm³/mol. The van der Waals surface area contributed by atoms with Crippen molar-refractivity contribution in [1.29, 1.82) is 0 Å². The molecule has 5 heteroatoms. The van der Waals surface area contributed by atoms with E-state index in [1.165, 1.54) is 0 Å². The first-order valence-corrected chi connectivity index (χ1v) is 5.64. The van der Waals surface area contributed by atoms with Crippen LogP contribution in [-0.2, 0) is 11.8 Å². The van der Waals surface area contributed by atoms with Gasteiger partial charge in [-0.15, -0.1) is 0 Å². The third-order valence-corrected chi connectivity index (χ3v) is 3.06. The van der Waals surface area contributed by atoms with E-state index in [0.29, 0.717) is 12.3 Å². The molecule has 1 unspecified atom stereocenters. The Kier molecular flexibility index (Phi) is 2.88. The highest BCUT2D eigenvalue weighted by molar-refractivity contribution is 7.99. The number of Topliss-reactive ketones (excluding diaryl/α,β-unsaturated/α-hetero) is 1. The zero-order valence-corrected chi connectivity index (χ0v) is 8.79. The number of ether oxygens (including phenoxy) is 1.